The number of carbonyl (C=O) groups excluding carboxylic acids is 1. The Morgan fingerprint density at radius 1 is 1.45 bits per heavy atom. The zero-order valence-corrected chi connectivity index (χ0v) is 12.5. The minimum atomic E-state index is -3.09. The molecular weight excluding hydrogens is 303 g/mol. The van der Waals surface area contributed by atoms with Crippen molar-refractivity contribution in [2.45, 2.75) is 26.2 Å². The van der Waals surface area contributed by atoms with Crippen LogP contribution in [0.4, 0.5) is 10.1 Å². The van der Waals surface area contributed by atoms with Crippen molar-refractivity contribution >= 4 is 23.1 Å². The third-order valence-electron chi connectivity index (χ3n) is 3.37. The number of hydrogen-bond donors (Lipinski definition) is 2. The van der Waals surface area contributed by atoms with Crippen LogP contribution in [0.3, 0.4) is 0 Å². The molecule has 0 radical (unpaired) electrons. The lowest BCUT2D eigenvalue weighted by Gasteiger charge is -2.14. The van der Waals surface area contributed by atoms with Gasteiger partial charge in [-0.25, -0.2) is 4.39 Å². The molecule has 0 unspecified atom stereocenters. The Morgan fingerprint density at radius 3 is 2.82 bits per heavy atom. The number of carbonyl (C=O) groups is 1. The predicted octanol–water partition coefficient (Wildman–Crippen LogP) is 4.01. The summed E-state index contributed by atoms with van der Waals surface area (Å²) in [6.45, 7) is -1.40. The monoisotopic (exact) mass is 325 g/mol. The summed E-state index contributed by atoms with van der Waals surface area (Å²) in [4.78, 5) is 12.8. The highest BCUT2D eigenvalue weighted by molar-refractivity contribution is 6.35. The number of anilines is 1. The molecular formula is C17H18ClFN2O. The van der Waals surface area contributed by atoms with E-state index in [9.17, 15) is 4.79 Å². The number of benzene rings is 2. The van der Waals surface area contributed by atoms with Gasteiger partial charge in [-0.05, 0) is 43.1 Å². The largest absolute Gasteiger partial charge is 0.399 e. The maximum Gasteiger partial charge on any atom is 0.197 e. The lowest BCUT2D eigenvalue weighted by molar-refractivity contribution is 0.103. The van der Waals surface area contributed by atoms with Gasteiger partial charge in [0, 0.05) is 29.7 Å². The fourth-order valence-electron chi connectivity index (χ4n) is 2.06. The molecule has 0 amide bonds. The fraction of sp³-hybridized carbons (Fsp3) is 0.235. The molecule has 4 N–H and O–H groups in total. The van der Waals surface area contributed by atoms with E-state index in [0.717, 1.165) is 6.07 Å². The number of aryl methyl sites for hydroxylation is 1. The molecule has 0 aliphatic heterocycles. The van der Waals surface area contributed by atoms with Gasteiger partial charge in [0.05, 0.1) is 10.6 Å². The number of rotatable bonds is 4. The molecule has 2 aromatic rings. The van der Waals surface area contributed by atoms with Gasteiger partial charge in [0.25, 0.3) is 0 Å². The van der Waals surface area contributed by atoms with Crippen LogP contribution < -0.4 is 11.5 Å². The molecule has 3 nitrogen and oxygen atoms in total. The van der Waals surface area contributed by atoms with Gasteiger partial charge in [0.15, 0.2) is 5.78 Å². The van der Waals surface area contributed by atoms with E-state index < -0.39 is 42.0 Å². The Balaban J connectivity index is 2.58. The second kappa shape index (κ2) is 6.46. The van der Waals surface area contributed by atoms with Crippen molar-refractivity contribution in [3.63, 3.8) is 0 Å². The summed E-state index contributed by atoms with van der Waals surface area (Å²) in [6.07, 6.45) is -2.92. The van der Waals surface area contributed by atoms with Crippen LogP contribution in [-0.4, -0.2) is 5.78 Å². The van der Waals surface area contributed by atoms with E-state index in [1.54, 1.807) is 6.92 Å². The molecule has 116 valence electrons. The highest BCUT2D eigenvalue weighted by atomic mass is 35.5. The molecule has 0 heterocycles. The third kappa shape index (κ3) is 2.98. The van der Waals surface area contributed by atoms with Crippen LogP contribution in [0.25, 0.3) is 0 Å². The quantitative estimate of drug-likeness (QED) is 0.659. The number of hydrogen-bond acceptors (Lipinski definition) is 3. The van der Waals surface area contributed by atoms with E-state index >= 15 is 4.39 Å². The molecule has 0 aliphatic rings. The highest BCUT2D eigenvalue weighted by Crippen LogP contribution is 2.29. The Bertz CT molecular complexity index is 902. The zero-order valence-electron chi connectivity index (χ0n) is 16.8. The predicted molar refractivity (Wildman–Crippen MR) is 87.7 cm³/mol. The highest BCUT2D eigenvalue weighted by Gasteiger charge is 2.22. The van der Waals surface area contributed by atoms with Crippen molar-refractivity contribution in [1.82, 2.24) is 0 Å². The van der Waals surface area contributed by atoms with Gasteiger partial charge in [0.1, 0.15) is 5.82 Å². The molecule has 22 heavy (non-hydrogen) atoms. The second-order valence-electron chi connectivity index (χ2n) is 4.85. The normalized spacial score (nSPS) is 16.8. The molecule has 0 saturated heterocycles. The summed E-state index contributed by atoms with van der Waals surface area (Å²) in [7, 11) is 0. The van der Waals surface area contributed by atoms with Crippen molar-refractivity contribution in [2.75, 3.05) is 5.73 Å². The van der Waals surface area contributed by atoms with Gasteiger partial charge in [-0.2, -0.15) is 0 Å². The summed E-state index contributed by atoms with van der Waals surface area (Å²) in [5.41, 5.74) is 11.7. The molecule has 0 aliphatic carbocycles. The molecule has 0 fully saturated rings. The van der Waals surface area contributed by atoms with E-state index in [-0.39, 0.29) is 10.6 Å². The van der Waals surface area contributed by atoms with Crippen LogP contribution in [-0.2, 0) is 0 Å². The molecule has 1 atom stereocenters. The lowest BCUT2D eigenvalue weighted by atomic mass is 9.96. The van der Waals surface area contributed by atoms with Crippen LogP contribution >= 0.6 is 11.6 Å². The van der Waals surface area contributed by atoms with Gasteiger partial charge < -0.3 is 11.5 Å². The number of halogens is 2. The van der Waals surface area contributed by atoms with Crippen molar-refractivity contribution in [1.29, 1.82) is 0 Å². The van der Waals surface area contributed by atoms with Gasteiger partial charge in [0.2, 0.25) is 0 Å². The van der Waals surface area contributed by atoms with Gasteiger partial charge in [-0.1, -0.05) is 24.5 Å². The Labute approximate surface area is 141 Å². The van der Waals surface area contributed by atoms with Crippen molar-refractivity contribution < 1.29 is 16.0 Å². The average Bonchev–Trinajstić information content (AvgIpc) is 2.55. The molecule has 2 rings (SSSR count). The van der Waals surface area contributed by atoms with E-state index in [0.29, 0.717) is 11.3 Å². The molecule has 0 bridgehead atoms. The first-order chi connectivity index (χ1) is 12.3. The first-order valence-electron chi connectivity index (χ1n) is 8.93. The molecule has 0 aromatic heterocycles. The Kier molecular flexibility index (Phi) is 3.16. The molecule has 5 heteroatoms. The SMILES string of the molecule is [2H]C([2H])([2H])C([2H])([2H])[C@@H](N)c1ccc(Cl)c(C(=O)c2ccc(N)c(C)c2)c1F. The molecule has 2 aromatic carbocycles. The average molecular weight is 326 g/mol. The van der Waals surface area contributed by atoms with E-state index in [1.165, 1.54) is 24.3 Å². The Hall–Kier alpha value is -1.91. The smallest absolute Gasteiger partial charge is 0.197 e. The van der Waals surface area contributed by atoms with E-state index in [1.807, 2.05) is 0 Å². The maximum absolute atomic E-state index is 15.1. The van der Waals surface area contributed by atoms with E-state index in [2.05, 4.69) is 0 Å². The molecule has 0 saturated carbocycles. The van der Waals surface area contributed by atoms with Crippen LogP contribution in [0.1, 0.15) is 53.2 Å². The van der Waals surface area contributed by atoms with Crippen molar-refractivity contribution in [3.8, 4) is 0 Å². The zero-order chi connectivity index (χ0) is 20.7. The third-order valence-corrected chi connectivity index (χ3v) is 3.69. The number of nitrogens with two attached hydrogens (primary N) is 2. The number of nitrogen functional groups attached to an aromatic ring is 1. The van der Waals surface area contributed by atoms with Gasteiger partial charge in [-0.15, -0.1) is 0 Å². The first-order valence-corrected chi connectivity index (χ1v) is 6.81. The van der Waals surface area contributed by atoms with E-state index in [4.69, 9.17) is 29.9 Å². The van der Waals surface area contributed by atoms with Crippen molar-refractivity contribution in [3.05, 3.63) is 63.4 Å². The number of ketones is 1. The lowest BCUT2D eigenvalue weighted by Crippen LogP contribution is -2.15. The topological polar surface area (TPSA) is 69.1 Å². The fourth-order valence-corrected chi connectivity index (χ4v) is 2.29. The molecule has 0 spiro atoms. The summed E-state index contributed by atoms with van der Waals surface area (Å²) in [6, 6.07) is 4.82. The van der Waals surface area contributed by atoms with Gasteiger partial charge >= 0.3 is 0 Å². The van der Waals surface area contributed by atoms with Crippen molar-refractivity contribution in [2.24, 2.45) is 5.73 Å². The van der Waals surface area contributed by atoms with Crippen LogP contribution in [0.15, 0.2) is 30.3 Å². The first kappa shape index (κ1) is 10.8. The maximum atomic E-state index is 15.1. The summed E-state index contributed by atoms with van der Waals surface area (Å²) in [5, 5.41) is -0.197. The Morgan fingerprint density at radius 2 is 2.18 bits per heavy atom. The van der Waals surface area contributed by atoms with Crippen LogP contribution in [0.2, 0.25) is 5.02 Å². The summed E-state index contributed by atoms with van der Waals surface area (Å²) in [5.74, 6) is -1.90. The second-order valence-corrected chi connectivity index (χ2v) is 5.26. The minimum absolute atomic E-state index is 0.132. The summed E-state index contributed by atoms with van der Waals surface area (Å²) < 4.78 is 52.4. The standard InChI is InChI=1S/C17H18ClFN2O/c1-3-13(20)11-5-6-12(18)15(16(11)19)17(22)10-4-7-14(21)9(2)8-10/h4-8,13H,3,20-21H2,1-2H3/t13-/m1/s1/i1D3,3D2. The van der Waals surface area contributed by atoms with Gasteiger partial charge in [-0.3, -0.25) is 4.79 Å². The van der Waals surface area contributed by atoms with Crippen LogP contribution in [0, 0.1) is 12.7 Å². The minimum Gasteiger partial charge on any atom is -0.399 e. The van der Waals surface area contributed by atoms with Crippen LogP contribution in [0.5, 0.6) is 0 Å². The summed E-state index contributed by atoms with van der Waals surface area (Å²) >= 11 is 5.99.